The molecule has 1 aromatic rings. The summed E-state index contributed by atoms with van der Waals surface area (Å²) in [5, 5.41) is 3.26. The van der Waals surface area contributed by atoms with Crippen molar-refractivity contribution in [2.75, 3.05) is 26.2 Å². The van der Waals surface area contributed by atoms with Crippen LogP contribution in [0.2, 0.25) is 0 Å². The number of imidazole rings is 1. The van der Waals surface area contributed by atoms with Gasteiger partial charge in [-0.05, 0) is 13.0 Å². The molecule has 1 aliphatic rings. The molecule has 76 valence electrons. The van der Waals surface area contributed by atoms with Gasteiger partial charge in [-0.2, -0.15) is 0 Å². The van der Waals surface area contributed by atoms with E-state index in [0.29, 0.717) is 0 Å². The van der Waals surface area contributed by atoms with E-state index in [2.05, 4.69) is 10.3 Å². The minimum Gasteiger partial charge on any atom is -0.323 e. The van der Waals surface area contributed by atoms with Crippen LogP contribution >= 0.6 is 0 Å². The Labute approximate surface area is 82.7 Å². The van der Waals surface area contributed by atoms with Crippen molar-refractivity contribution in [3.63, 3.8) is 0 Å². The number of nitrogens with one attached hydrogen (secondary N) is 1. The maximum absolute atomic E-state index is 11.8. The molecule has 0 saturated carbocycles. The summed E-state index contributed by atoms with van der Waals surface area (Å²) in [7, 11) is 0. The third-order valence-electron chi connectivity index (χ3n) is 2.34. The first-order chi connectivity index (χ1) is 6.88. The fraction of sp³-hybridized carbons (Fsp3) is 0.556. The van der Waals surface area contributed by atoms with Crippen LogP contribution < -0.4 is 5.32 Å². The van der Waals surface area contributed by atoms with E-state index in [-0.39, 0.29) is 6.03 Å². The minimum atomic E-state index is 0.0196. The summed E-state index contributed by atoms with van der Waals surface area (Å²) in [5.41, 5.74) is 0. The van der Waals surface area contributed by atoms with E-state index in [9.17, 15) is 4.79 Å². The van der Waals surface area contributed by atoms with Gasteiger partial charge in [0.25, 0.3) is 0 Å². The quantitative estimate of drug-likeness (QED) is 0.639. The molecule has 2 heterocycles. The molecule has 1 N–H and O–H groups in total. The van der Waals surface area contributed by atoms with E-state index in [4.69, 9.17) is 0 Å². The zero-order valence-corrected chi connectivity index (χ0v) is 8.02. The summed E-state index contributed by atoms with van der Waals surface area (Å²) in [6, 6.07) is 0.0196. The van der Waals surface area contributed by atoms with Gasteiger partial charge in [-0.1, -0.05) is 0 Å². The molecule has 0 radical (unpaired) electrons. The molecule has 1 saturated heterocycles. The van der Waals surface area contributed by atoms with E-state index in [1.807, 2.05) is 4.90 Å². The summed E-state index contributed by atoms with van der Waals surface area (Å²) in [6.07, 6.45) is 5.86. The zero-order chi connectivity index (χ0) is 9.80. The maximum Gasteiger partial charge on any atom is 0.329 e. The van der Waals surface area contributed by atoms with Crippen LogP contribution in [0.5, 0.6) is 0 Å². The Morgan fingerprint density at radius 2 is 2.29 bits per heavy atom. The van der Waals surface area contributed by atoms with Gasteiger partial charge >= 0.3 is 6.03 Å². The summed E-state index contributed by atoms with van der Waals surface area (Å²) < 4.78 is 1.52. The molecule has 1 amide bonds. The number of aromatic nitrogens is 2. The standard InChI is InChI=1S/C9H14N4O/c14-9(13-7-4-11-8-13)12-5-1-2-10-3-6-12/h4,7-8,10H,1-3,5-6H2. The molecule has 5 nitrogen and oxygen atoms in total. The van der Waals surface area contributed by atoms with Crippen LogP contribution in [0, 0.1) is 0 Å². The lowest BCUT2D eigenvalue weighted by atomic mass is 10.4. The zero-order valence-electron chi connectivity index (χ0n) is 8.02. The van der Waals surface area contributed by atoms with Crippen LogP contribution in [0.4, 0.5) is 4.79 Å². The first-order valence-corrected chi connectivity index (χ1v) is 4.86. The highest BCUT2D eigenvalue weighted by atomic mass is 16.2. The summed E-state index contributed by atoms with van der Waals surface area (Å²) >= 11 is 0. The fourth-order valence-corrected chi connectivity index (χ4v) is 1.57. The van der Waals surface area contributed by atoms with Gasteiger partial charge in [0, 0.05) is 32.0 Å². The monoisotopic (exact) mass is 194 g/mol. The predicted octanol–water partition coefficient (Wildman–Crippen LogP) is 0.146. The van der Waals surface area contributed by atoms with E-state index >= 15 is 0 Å². The number of carbonyl (C=O) groups excluding carboxylic acids is 1. The molecule has 0 atom stereocenters. The number of amides is 1. The fourth-order valence-electron chi connectivity index (χ4n) is 1.57. The molecule has 2 rings (SSSR count). The van der Waals surface area contributed by atoms with Crippen LogP contribution in [0.1, 0.15) is 6.42 Å². The Morgan fingerprint density at radius 1 is 1.36 bits per heavy atom. The van der Waals surface area contributed by atoms with E-state index in [1.54, 1.807) is 18.7 Å². The smallest absolute Gasteiger partial charge is 0.323 e. The molecule has 1 aliphatic heterocycles. The van der Waals surface area contributed by atoms with Crippen molar-refractivity contribution in [3.05, 3.63) is 18.7 Å². The largest absolute Gasteiger partial charge is 0.329 e. The maximum atomic E-state index is 11.8. The van der Waals surface area contributed by atoms with Gasteiger partial charge in [0.05, 0.1) is 0 Å². The second-order valence-electron chi connectivity index (χ2n) is 3.34. The molecule has 0 aliphatic carbocycles. The summed E-state index contributed by atoms with van der Waals surface area (Å²) in [4.78, 5) is 17.5. The molecule has 5 heteroatoms. The van der Waals surface area contributed by atoms with Gasteiger partial charge in [0.15, 0.2) is 0 Å². The lowest BCUT2D eigenvalue weighted by Gasteiger charge is -2.19. The first kappa shape index (κ1) is 9.21. The third-order valence-corrected chi connectivity index (χ3v) is 2.34. The number of hydrogen-bond donors (Lipinski definition) is 1. The van der Waals surface area contributed by atoms with Gasteiger partial charge in [0.2, 0.25) is 0 Å². The van der Waals surface area contributed by atoms with E-state index in [0.717, 1.165) is 32.6 Å². The van der Waals surface area contributed by atoms with Crippen LogP contribution in [0.25, 0.3) is 0 Å². The lowest BCUT2D eigenvalue weighted by molar-refractivity contribution is 0.203. The van der Waals surface area contributed by atoms with Gasteiger partial charge < -0.3 is 10.2 Å². The number of nitrogens with zero attached hydrogens (tertiary/aromatic N) is 3. The minimum absolute atomic E-state index is 0.0196. The average Bonchev–Trinajstić information content (AvgIpc) is 2.59. The Bertz CT molecular complexity index is 288. The highest BCUT2D eigenvalue weighted by Gasteiger charge is 2.15. The first-order valence-electron chi connectivity index (χ1n) is 4.86. The van der Waals surface area contributed by atoms with Crippen molar-refractivity contribution in [3.8, 4) is 0 Å². The van der Waals surface area contributed by atoms with Crippen LogP contribution in [0.15, 0.2) is 18.7 Å². The van der Waals surface area contributed by atoms with Gasteiger partial charge in [-0.3, -0.25) is 4.57 Å². The molecule has 14 heavy (non-hydrogen) atoms. The molecule has 0 aromatic carbocycles. The number of hydrogen-bond acceptors (Lipinski definition) is 3. The van der Waals surface area contributed by atoms with Crippen molar-refractivity contribution in [1.82, 2.24) is 19.8 Å². The lowest BCUT2D eigenvalue weighted by Crippen LogP contribution is -2.36. The summed E-state index contributed by atoms with van der Waals surface area (Å²) in [5.74, 6) is 0. The molecule has 0 unspecified atom stereocenters. The predicted molar refractivity (Wildman–Crippen MR) is 52.1 cm³/mol. The second-order valence-corrected chi connectivity index (χ2v) is 3.34. The molecule has 0 spiro atoms. The van der Waals surface area contributed by atoms with Crippen molar-refractivity contribution >= 4 is 6.03 Å². The Balaban J connectivity index is 2.03. The van der Waals surface area contributed by atoms with E-state index < -0.39 is 0 Å². The highest BCUT2D eigenvalue weighted by Crippen LogP contribution is 1.99. The van der Waals surface area contributed by atoms with Crippen LogP contribution in [0.3, 0.4) is 0 Å². The van der Waals surface area contributed by atoms with Crippen molar-refractivity contribution < 1.29 is 4.79 Å². The molecule has 1 aromatic heterocycles. The topological polar surface area (TPSA) is 50.2 Å². The van der Waals surface area contributed by atoms with Crippen LogP contribution in [-0.4, -0.2) is 46.7 Å². The molecule has 1 fully saturated rings. The highest BCUT2D eigenvalue weighted by molar-refractivity contribution is 5.76. The normalized spacial score (nSPS) is 17.9. The van der Waals surface area contributed by atoms with Crippen LogP contribution in [-0.2, 0) is 0 Å². The molecular formula is C9H14N4O. The Kier molecular flexibility index (Phi) is 2.78. The van der Waals surface area contributed by atoms with Gasteiger partial charge in [-0.25, -0.2) is 9.78 Å². The summed E-state index contributed by atoms with van der Waals surface area (Å²) in [6.45, 7) is 3.47. The third kappa shape index (κ3) is 1.93. The SMILES string of the molecule is O=C(N1CCCNCC1)n1ccnc1. The van der Waals surface area contributed by atoms with Crippen molar-refractivity contribution in [1.29, 1.82) is 0 Å². The number of rotatable bonds is 0. The van der Waals surface area contributed by atoms with E-state index in [1.165, 1.54) is 4.57 Å². The Morgan fingerprint density at radius 3 is 3.07 bits per heavy atom. The van der Waals surface area contributed by atoms with Gasteiger partial charge in [0.1, 0.15) is 6.33 Å². The second kappa shape index (κ2) is 4.23. The number of carbonyl (C=O) groups is 1. The van der Waals surface area contributed by atoms with Gasteiger partial charge in [-0.15, -0.1) is 0 Å². The average molecular weight is 194 g/mol. The van der Waals surface area contributed by atoms with Crippen molar-refractivity contribution in [2.45, 2.75) is 6.42 Å². The van der Waals surface area contributed by atoms with Crippen molar-refractivity contribution in [2.24, 2.45) is 0 Å². The molecular weight excluding hydrogens is 180 g/mol. The molecule has 0 bridgehead atoms. The Hall–Kier alpha value is -1.36.